The van der Waals surface area contributed by atoms with E-state index < -0.39 is 10.9 Å². The van der Waals surface area contributed by atoms with Crippen LogP contribution in [0.2, 0.25) is 0 Å². The lowest BCUT2D eigenvalue weighted by Crippen LogP contribution is -2.18. The van der Waals surface area contributed by atoms with Crippen molar-refractivity contribution in [3.05, 3.63) is 51.6 Å². The monoisotopic (exact) mass is 371 g/mol. The van der Waals surface area contributed by atoms with E-state index in [1.54, 1.807) is 23.0 Å². The number of nitro benzene ring substituents is 1. The van der Waals surface area contributed by atoms with Gasteiger partial charge in [0.25, 0.3) is 5.69 Å². The van der Waals surface area contributed by atoms with Crippen molar-refractivity contribution in [2.45, 2.75) is 37.5 Å². The van der Waals surface area contributed by atoms with Gasteiger partial charge < -0.3 is 9.47 Å². The van der Waals surface area contributed by atoms with Crippen LogP contribution >= 0.6 is 0 Å². The van der Waals surface area contributed by atoms with Crippen LogP contribution in [0.15, 0.2) is 24.5 Å². The number of imidazole rings is 1. The number of hydrogen-bond acceptors (Lipinski definition) is 6. The fourth-order valence-electron chi connectivity index (χ4n) is 3.73. The van der Waals surface area contributed by atoms with Gasteiger partial charge in [0.05, 0.1) is 17.6 Å². The van der Waals surface area contributed by atoms with Crippen LogP contribution in [0.1, 0.15) is 59.3 Å². The third kappa shape index (κ3) is 3.32. The molecule has 1 aromatic carbocycles. The quantitative estimate of drug-likeness (QED) is 0.454. The average Bonchev–Trinajstić information content (AvgIpc) is 3.43. The van der Waals surface area contributed by atoms with Gasteiger partial charge in [-0.2, -0.15) is 0 Å². The van der Waals surface area contributed by atoms with E-state index in [-0.39, 0.29) is 23.1 Å². The summed E-state index contributed by atoms with van der Waals surface area (Å²) in [6.45, 7) is 1.32. The van der Waals surface area contributed by atoms with Crippen LogP contribution in [0, 0.1) is 10.1 Å². The van der Waals surface area contributed by atoms with Crippen molar-refractivity contribution in [3.63, 3.8) is 0 Å². The van der Waals surface area contributed by atoms with Crippen molar-refractivity contribution >= 4 is 11.7 Å². The van der Waals surface area contributed by atoms with Crippen molar-refractivity contribution in [3.8, 4) is 5.69 Å². The molecule has 0 spiro atoms. The summed E-state index contributed by atoms with van der Waals surface area (Å²) in [7, 11) is 1.29. The Kier molecular flexibility index (Phi) is 4.65. The van der Waals surface area contributed by atoms with Gasteiger partial charge in [0.2, 0.25) is 0 Å². The first-order chi connectivity index (χ1) is 13.1. The second-order valence-electron chi connectivity index (χ2n) is 6.99. The highest BCUT2D eigenvalue weighted by Gasteiger charge is 2.33. The maximum atomic E-state index is 12.2. The fraction of sp³-hybridized carbons (Fsp3) is 0.474. The van der Waals surface area contributed by atoms with Crippen LogP contribution in [-0.2, 0) is 9.47 Å². The molecule has 0 unspecified atom stereocenters. The smallest absolute Gasteiger partial charge is 0.338 e. The van der Waals surface area contributed by atoms with E-state index in [0.717, 1.165) is 37.1 Å². The molecule has 0 radical (unpaired) electrons. The summed E-state index contributed by atoms with van der Waals surface area (Å²) in [6.07, 6.45) is 7.03. The molecule has 2 aliphatic rings. The van der Waals surface area contributed by atoms with Gasteiger partial charge in [-0.05, 0) is 43.2 Å². The highest BCUT2D eigenvalue weighted by Crippen LogP contribution is 2.44. The minimum atomic E-state index is -0.540. The zero-order valence-corrected chi connectivity index (χ0v) is 15.1. The van der Waals surface area contributed by atoms with Crippen molar-refractivity contribution in [1.29, 1.82) is 0 Å². The molecule has 1 saturated heterocycles. The topological polar surface area (TPSA) is 96.5 Å². The van der Waals surface area contributed by atoms with Crippen molar-refractivity contribution in [2.75, 3.05) is 20.3 Å². The lowest BCUT2D eigenvalue weighted by molar-refractivity contribution is -0.384. The molecule has 1 aliphatic carbocycles. The van der Waals surface area contributed by atoms with Crippen molar-refractivity contribution in [1.82, 2.24) is 9.55 Å². The molecule has 27 heavy (non-hydrogen) atoms. The highest BCUT2D eigenvalue weighted by molar-refractivity contribution is 5.93. The van der Waals surface area contributed by atoms with Gasteiger partial charge in [0.1, 0.15) is 11.5 Å². The summed E-state index contributed by atoms with van der Waals surface area (Å²) in [5, 5.41) is 11.8. The Morgan fingerprint density at radius 2 is 2.00 bits per heavy atom. The van der Waals surface area contributed by atoms with E-state index in [9.17, 15) is 14.9 Å². The summed E-state index contributed by atoms with van der Waals surface area (Å²) >= 11 is 0. The molecule has 2 heterocycles. The molecule has 1 aromatic heterocycles. The number of nitro groups is 1. The van der Waals surface area contributed by atoms with Crippen LogP contribution in [-0.4, -0.2) is 40.8 Å². The van der Waals surface area contributed by atoms with Gasteiger partial charge >= 0.3 is 5.97 Å². The van der Waals surface area contributed by atoms with Crippen LogP contribution < -0.4 is 0 Å². The SMILES string of the molecule is COC(=O)c1cc([N+](=O)[O-])c(-n2ccnc2C2CCOCC2)cc1C1CC1. The second-order valence-corrected chi connectivity index (χ2v) is 6.99. The summed E-state index contributed by atoms with van der Waals surface area (Å²) in [5.41, 5.74) is 1.43. The predicted octanol–water partition coefficient (Wildman–Crippen LogP) is 3.34. The van der Waals surface area contributed by atoms with Gasteiger partial charge in [0, 0.05) is 37.6 Å². The van der Waals surface area contributed by atoms with Crippen LogP contribution in [0.25, 0.3) is 5.69 Å². The van der Waals surface area contributed by atoms with E-state index in [4.69, 9.17) is 9.47 Å². The Morgan fingerprint density at radius 3 is 2.63 bits per heavy atom. The number of methoxy groups -OCH3 is 1. The maximum absolute atomic E-state index is 12.2. The molecule has 0 N–H and O–H groups in total. The number of carbonyl (C=O) groups excluding carboxylic acids is 1. The van der Waals surface area contributed by atoms with Crippen LogP contribution in [0.5, 0.6) is 0 Å². The summed E-state index contributed by atoms with van der Waals surface area (Å²) in [6, 6.07) is 3.12. The van der Waals surface area contributed by atoms with E-state index in [1.807, 2.05) is 0 Å². The molecule has 8 heteroatoms. The molecule has 1 saturated carbocycles. The van der Waals surface area contributed by atoms with Gasteiger partial charge in [-0.15, -0.1) is 0 Å². The van der Waals surface area contributed by atoms with E-state index in [2.05, 4.69) is 4.98 Å². The number of carbonyl (C=O) groups is 1. The number of esters is 1. The summed E-state index contributed by atoms with van der Waals surface area (Å²) < 4.78 is 12.1. The first-order valence-corrected chi connectivity index (χ1v) is 9.12. The van der Waals surface area contributed by atoms with Gasteiger partial charge in [0.15, 0.2) is 0 Å². The number of benzene rings is 1. The van der Waals surface area contributed by atoms with E-state index in [0.29, 0.717) is 18.9 Å². The number of aromatic nitrogens is 2. The normalized spacial score (nSPS) is 17.7. The third-order valence-electron chi connectivity index (χ3n) is 5.28. The largest absolute Gasteiger partial charge is 0.465 e. The van der Waals surface area contributed by atoms with Crippen LogP contribution in [0.4, 0.5) is 5.69 Å². The highest BCUT2D eigenvalue weighted by atomic mass is 16.6. The van der Waals surface area contributed by atoms with Gasteiger partial charge in [-0.3, -0.25) is 14.7 Å². The summed E-state index contributed by atoms with van der Waals surface area (Å²) in [4.78, 5) is 28.0. The Labute approximate surface area is 156 Å². The second kappa shape index (κ2) is 7.11. The Balaban J connectivity index is 1.85. The minimum Gasteiger partial charge on any atom is -0.465 e. The Hall–Kier alpha value is -2.74. The molecule has 142 valence electrons. The number of ether oxygens (including phenoxy) is 2. The first kappa shape index (κ1) is 17.7. The fourth-order valence-corrected chi connectivity index (χ4v) is 3.73. The van der Waals surface area contributed by atoms with E-state index in [1.165, 1.54) is 13.2 Å². The standard InChI is InChI=1S/C19H21N3O5/c1-26-19(23)15-11-17(22(24)25)16(10-14(15)12-2-3-12)21-7-6-20-18(21)13-4-8-27-9-5-13/h6-7,10-13H,2-5,8-9H2,1H3. The molecule has 0 atom stereocenters. The lowest BCUT2D eigenvalue weighted by atomic mass is 9.98. The molecule has 4 rings (SSSR count). The molecule has 0 bridgehead atoms. The molecular weight excluding hydrogens is 350 g/mol. The minimum absolute atomic E-state index is 0.119. The number of rotatable bonds is 5. The predicted molar refractivity (Wildman–Crippen MR) is 96.3 cm³/mol. The van der Waals surface area contributed by atoms with Gasteiger partial charge in [-0.25, -0.2) is 9.78 Å². The Morgan fingerprint density at radius 1 is 1.26 bits per heavy atom. The zero-order chi connectivity index (χ0) is 19.0. The lowest BCUT2D eigenvalue weighted by Gasteiger charge is -2.22. The van der Waals surface area contributed by atoms with E-state index >= 15 is 0 Å². The molecule has 2 aromatic rings. The van der Waals surface area contributed by atoms with Crippen LogP contribution in [0.3, 0.4) is 0 Å². The molecule has 2 fully saturated rings. The van der Waals surface area contributed by atoms with Gasteiger partial charge in [-0.1, -0.05) is 0 Å². The maximum Gasteiger partial charge on any atom is 0.338 e. The number of nitrogens with zero attached hydrogens (tertiary/aromatic N) is 3. The molecule has 0 amide bonds. The average molecular weight is 371 g/mol. The molecular formula is C19H21N3O5. The van der Waals surface area contributed by atoms with Crippen molar-refractivity contribution < 1.29 is 19.2 Å². The van der Waals surface area contributed by atoms with Crippen molar-refractivity contribution in [2.24, 2.45) is 0 Å². The summed E-state index contributed by atoms with van der Waals surface area (Å²) in [5.74, 6) is 0.697. The first-order valence-electron chi connectivity index (χ1n) is 9.12. The third-order valence-corrected chi connectivity index (χ3v) is 5.28. The molecule has 8 nitrogen and oxygen atoms in total. The zero-order valence-electron chi connectivity index (χ0n) is 15.1. The number of hydrogen-bond donors (Lipinski definition) is 0. The Bertz CT molecular complexity index is 881. The molecule has 1 aliphatic heterocycles.